The van der Waals surface area contributed by atoms with Crippen LogP contribution in [0.1, 0.15) is 19.5 Å². The summed E-state index contributed by atoms with van der Waals surface area (Å²) in [6, 6.07) is 0.361. The number of hydrogen-bond donors (Lipinski definition) is 2. The van der Waals surface area contributed by atoms with Gasteiger partial charge in [0.15, 0.2) is 5.96 Å². The zero-order chi connectivity index (χ0) is 13.7. The van der Waals surface area contributed by atoms with Crippen LogP contribution in [-0.4, -0.2) is 42.7 Å². The number of aliphatic imine (C=N–C) groups is 1. The third kappa shape index (κ3) is 5.25. The Morgan fingerprint density at radius 3 is 2.53 bits per heavy atom. The lowest BCUT2D eigenvalue weighted by molar-refractivity contribution is 0.687. The molecule has 1 rings (SSSR count). The van der Waals surface area contributed by atoms with Crippen LogP contribution >= 0.6 is 24.0 Å². The van der Waals surface area contributed by atoms with Crippen molar-refractivity contribution in [2.24, 2.45) is 12.0 Å². The number of rotatable bonds is 4. The van der Waals surface area contributed by atoms with E-state index < -0.39 is 0 Å². The number of nitrogens with one attached hydrogen (secondary N) is 2. The highest BCUT2D eigenvalue weighted by molar-refractivity contribution is 14.0. The molecule has 0 radical (unpaired) electrons. The quantitative estimate of drug-likeness (QED) is 0.468. The van der Waals surface area contributed by atoms with Gasteiger partial charge in [0.1, 0.15) is 0 Å². The van der Waals surface area contributed by atoms with Crippen molar-refractivity contribution in [3.8, 4) is 0 Å². The van der Waals surface area contributed by atoms with Gasteiger partial charge in [-0.2, -0.15) is 0 Å². The van der Waals surface area contributed by atoms with Crippen molar-refractivity contribution in [3.63, 3.8) is 0 Å². The van der Waals surface area contributed by atoms with Crippen LogP contribution in [0.2, 0.25) is 0 Å². The molecule has 0 amide bonds. The molecule has 0 aliphatic carbocycles. The van der Waals surface area contributed by atoms with E-state index in [9.17, 15) is 0 Å². The minimum atomic E-state index is 0. The Balaban J connectivity index is 0.00000324. The van der Waals surface area contributed by atoms with Crippen LogP contribution in [0.4, 0.5) is 5.95 Å². The Labute approximate surface area is 132 Å². The molecular formula is C12H25IN6. The maximum absolute atomic E-state index is 4.37. The van der Waals surface area contributed by atoms with E-state index in [1.165, 1.54) is 0 Å². The van der Waals surface area contributed by atoms with Crippen LogP contribution in [0.5, 0.6) is 0 Å². The zero-order valence-corrected chi connectivity index (χ0v) is 14.9. The Morgan fingerprint density at radius 1 is 1.47 bits per heavy atom. The third-order valence-corrected chi connectivity index (χ3v) is 2.55. The van der Waals surface area contributed by atoms with E-state index in [4.69, 9.17) is 0 Å². The van der Waals surface area contributed by atoms with Gasteiger partial charge in [0.05, 0.1) is 18.4 Å². The zero-order valence-electron chi connectivity index (χ0n) is 12.6. The molecule has 7 heteroatoms. The van der Waals surface area contributed by atoms with E-state index in [0.29, 0.717) is 12.6 Å². The van der Waals surface area contributed by atoms with Gasteiger partial charge in [-0.25, -0.2) is 4.98 Å². The van der Waals surface area contributed by atoms with Gasteiger partial charge in [-0.05, 0) is 13.8 Å². The lowest BCUT2D eigenvalue weighted by atomic mass is 10.4. The van der Waals surface area contributed by atoms with Gasteiger partial charge in [0.25, 0.3) is 0 Å². The highest BCUT2D eigenvalue weighted by atomic mass is 127. The van der Waals surface area contributed by atoms with Crippen molar-refractivity contribution in [2.45, 2.75) is 26.4 Å². The molecule has 0 saturated heterocycles. The highest BCUT2D eigenvalue weighted by Gasteiger charge is 2.08. The van der Waals surface area contributed by atoms with Gasteiger partial charge in [0, 0.05) is 34.2 Å². The molecule has 2 N–H and O–H groups in total. The SMILES string of the molecule is CN=C(NCc1cnc(N(C)C)n1C)NC(C)C.I. The Morgan fingerprint density at radius 2 is 2.11 bits per heavy atom. The van der Waals surface area contributed by atoms with Gasteiger partial charge in [-0.3, -0.25) is 4.99 Å². The molecule has 0 bridgehead atoms. The molecule has 0 aromatic carbocycles. The summed E-state index contributed by atoms with van der Waals surface area (Å²) in [5.41, 5.74) is 1.12. The number of guanidine groups is 1. The van der Waals surface area contributed by atoms with Crippen molar-refractivity contribution in [1.82, 2.24) is 20.2 Å². The summed E-state index contributed by atoms with van der Waals surface area (Å²) in [7, 11) is 7.75. The average Bonchev–Trinajstić information content (AvgIpc) is 2.65. The molecule has 0 spiro atoms. The number of imidazole rings is 1. The number of aromatic nitrogens is 2. The molecule has 0 atom stereocenters. The molecule has 110 valence electrons. The standard InChI is InChI=1S/C12H24N6.HI/c1-9(2)16-11(13-3)14-7-10-8-15-12(17(4)5)18(10)6;/h8-9H,7H2,1-6H3,(H2,13,14,16);1H. The Bertz CT molecular complexity index is 410. The second kappa shape index (κ2) is 8.23. The molecule has 1 aromatic heterocycles. The molecule has 6 nitrogen and oxygen atoms in total. The number of anilines is 1. The minimum Gasteiger partial charge on any atom is -0.354 e. The molecule has 19 heavy (non-hydrogen) atoms. The van der Waals surface area contributed by atoms with E-state index in [-0.39, 0.29) is 24.0 Å². The first-order chi connectivity index (χ1) is 8.45. The lowest BCUT2D eigenvalue weighted by Crippen LogP contribution is -2.40. The molecule has 0 aliphatic rings. The smallest absolute Gasteiger partial charge is 0.204 e. The van der Waals surface area contributed by atoms with Gasteiger partial charge in [-0.1, -0.05) is 0 Å². The highest BCUT2D eigenvalue weighted by Crippen LogP contribution is 2.10. The Kier molecular flexibility index (Phi) is 7.81. The summed E-state index contributed by atoms with van der Waals surface area (Å²) >= 11 is 0. The topological polar surface area (TPSA) is 57.5 Å². The third-order valence-electron chi connectivity index (χ3n) is 2.55. The predicted octanol–water partition coefficient (Wildman–Crippen LogP) is 1.18. The number of nitrogens with zero attached hydrogens (tertiary/aromatic N) is 4. The van der Waals surface area contributed by atoms with Crippen molar-refractivity contribution in [2.75, 3.05) is 26.0 Å². The second-order valence-corrected chi connectivity index (χ2v) is 4.73. The van der Waals surface area contributed by atoms with Crippen molar-refractivity contribution >= 4 is 35.9 Å². The molecule has 0 unspecified atom stereocenters. The summed E-state index contributed by atoms with van der Waals surface area (Å²) in [6.07, 6.45) is 1.88. The lowest BCUT2D eigenvalue weighted by Gasteiger charge is -2.15. The summed E-state index contributed by atoms with van der Waals surface area (Å²) < 4.78 is 2.07. The number of hydrogen-bond acceptors (Lipinski definition) is 3. The van der Waals surface area contributed by atoms with Crippen LogP contribution in [-0.2, 0) is 13.6 Å². The van der Waals surface area contributed by atoms with Crippen LogP contribution in [0.3, 0.4) is 0 Å². The molecule has 1 heterocycles. The summed E-state index contributed by atoms with van der Waals surface area (Å²) in [6.45, 7) is 4.87. The first kappa shape index (κ1) is 18.0. The molecule has 0 fully saturated rings. The van der Waals surface area contributed by atoms with Crippen LogP contribution in [0.25, 0.3) is 0 Å². The van der Waals surface area contributed by atoms with Gasteiger partial charge in [0.2, 0.25) is 5.95 Å². The minimum absolute atomic E-state index is 0. The summed E-state index contributed by atoms with van der Waals surface area (Å²) in [5, 5.41) is 6.52. The maximum atomic E-state index is 4.37. The van der Waals surface area contributed by atoms with Crippen LogP contribution in [0.15, 0.2) is 11.2 Å². The Hall–Kier alpha value is -0.990. The summed E-state index contributed by atoms with van der Waals surface area (Å²) in [5.74, 6) is 1.75. The fourth-order valence-electron chi connectivity index (χ4n) is 1.66. The average molecular weight is 380 g/mol. The van der Waals surface area contributed by atoms with Crippen molar-refractivity contribution in [1.29, 1.82) is 0 Å². The number of halogens is 1. The van der Waals surface area contributed by atoms with Gasteiger partial charge < -0.3 is 20.1 Å². The monoisotopic (exact) mass is 380 g/mol. The van der Waals surface area contributed by atoms with Gasteiger partial charge in [-0.15, -0.1) is 24.0 Å². The van der Waals surface area contributed by atoms with Crippen LogP contribution in [0, 0.1) is 0 Å². The van der Waals surface area contributed by atoms with E-state index >= 15 is 0 Å². The molecular weight excluding hydrogens is 355 g/mol. The maximum Gasteiger partial charge on any atom is 0.204 e. The van der Waals surface area contributed by atoms with Gasteiger partial charge >= 0.3 is 0 Å². The first-order valence-corrected chi connectivity index (χ1v) is 6.10. The van der Waals surface area contributed by atoms with Crippen molar-refractivity contribution < 1.29 is 0 Å². The largest absolute Gasteiger partial charge is 0.354 e. The fraction of sp³-hybridized carbons (Fsp3) is 0.667. The first-order valence-electron chi connectivity index (χ1n) is 6.10. The second-order valence-electron chi connectivity index (χ2n) is 4.73. The van der Waals surface area contributed by atoms with E-state index in [1.54, 1.807) is 7.05 Å². The van der Waals surface area contributed by atoms with E-state index in [0.717, 1.165) is 17.6 Å². The predicted molar refractivity (Wildman–Crippen MR) is 91.4 cm³/mol. The van der Waals surface area contributed by atoms with E-state index in [1.807, 2.05) is 32.2 Å². The molecule has 1 aromatic rings. The molecule has 0 saturated carbocycles. The normalized spacial score (nSPS) is 11.2. The van der Waals surface area contributed by atoms with E-state index in [2.05, 4.69) is 39.0 Å². The van der Waals surface area contributed by atoms with Crippen molar-refractivity contribution in [3.05, 3.63) is 11.9 Å². The van der Waals surface area contributed by atoms with Crippen LogP contribution < -0.4 is 15.5 Å². The molecule has 0 aliphatic heterocycles. The summed E-state index contributed by atoms with van der Waals surface area (Å²) in [4.78, 5) is 10.5. The fourth-order valence-corrected chi connectivity index (χ4v) is 1.66.